The van der Waals surface area contributed by atoms with Crippen molar-refractivity contribution in [2.24, 2.45) is 5.73 Å². The number of carbonyl (C=O) groups excluding carboxylic acids is 2. The van der Waals surface area contributed by atoms with Gasteiger partial charge in [0.2, 0.25) is 5.91 Å². The Labute approximate surface area is 161 Å². The number of amides is 2. The van der Waals surface area contributed by atoms with Gasteiger partial charge in [-0.2, -0.15) is 0 Å². The Morgan fingerprint density at radius 1 is 1.30 bits per heavy atom. The van der Waals surface area contributed by atoms with Gasteiger partial charge in [-0.25, -0.2) is 9.97 Å². The summed E-state index contributed by atoms with van der Waals surface area (Å²) < 4.78 is 1.74. The highest BCUT2D eigenvalue weighted by Crippen LogP contribution is 2.21. The summed E-state index contributed by atoms with van der Waals surface area (Å²) in [5.74, 6) is -0.668. The van der Waals surface area contributed by atoms with E-state index in [1.807, 2.05) is 44.4 Å². The van der Waals surface area contributed by atoms with E-state index in [2.05, 4.69) is 15.3 Å². The second kappa shape index (κ2) is 7.79. The number of nitrogens with two attached hydrogens (primary N) is 1. The monoisotopic (exact) mass is 383 g/mol. The summed E-state index contributed by atoms with van der Waals surface area (Å²) in [6, 6.07) is 7.74. The van der Waals surface area contributed by atoms with Crippen LogP contribution >= 0.6 is 11.8 Å². The van der Waals surface area contributed by atoms with Gasteiger partial charge in [-0.1, -0.05) is 6.07 Å². The highest BCUT2D eigenvalue weighted by atomic mass is 32.2. The maximum absolute atomic E-state index is 12.3. The normalized spacial score (nSPS) is 10.9. The molecular formula is C19H21N5O2S. The molecule has 2 heterocycles. The number of nitrogens with one attached hydrogen (secondary N) is 1. The molecule has 0 aliphatic heterocycles. The van der Waals surface area contributed by atoms with Gasteiger partial charge in [0.25, 0.3) is 5.91 Å². The van der Waals surface area contributed by atoms with E-state index in [-0.39, 0.29) is 11.6 Å². The van der Waals surface area contributed by atoms with Gasteiger partial charge in [0.05, 0.1) is 0 Å². The first kappa shape index (κ1) is 18.9. The number of aryl methyl sites for hydroxylation is 2. The van der Waals surface area contributed by atoms with Gasteiger partial charge >= 0.3 is 0 Å². The second-order valence-electron chi connectivity index (χ2n) is 6.19. The van der Waals surface area contributed by atoms with Gasteiger partial charge in [0.1, 0.15) is 6.33 Å². The number of rotatable bonds is 6. The molecule has 0 spiro atoms. The van der Waals surface area contributed by atoms with Crippen LogP contribution in [0.25, 0.3) is 5.65 Å². The molecule has 0 bridgehead atoms. The second-order valence-corrected chi connectivity index (χ2v) is 7.07. The summed E-state index contributed by atoms with van der Waals surface area (Å²) >= 11 is 1.63. The zero-order valence-corrected chi connectivity index (χ0v) is 16.3. The summed E-state index contributed by atoms with van der Waals surface area (Å²) in [5, 5.41) is 2.93. The summed E-state index contributed by atoms with van der Waals surface area (Å²) in [7, 11) is 0. The number of carbonyl (C=O) groups is 2. The minimum atomic E-state index is -0.608. The molecule has 0 radical (unpaired) electrons. The van der Waals surface area contributed by atoms with Crippen molar-refractivity contribution in [3.05, 3.63) is 53.2 Å². The summed E-state index contributed by atoms with van der Waals surface area (Å²) in [5.41, 5.74) is 9.35. The lowest BCUT2D eigenvalue weighted by atomic mass is 10.1. The maximum atomic E-state index is 12.3. The molecule has 27 heavy (non-hydrogen) atoms. The number of benzene rings is 1. The standard InChI is InChI=1S/C19H21N5O2S/c1-11-15(12(2)24-10-21-17(18(20)26)19(24)22-11)7-8-16(25)23-13-5-4-6-14(9-13)27-3/h4-6,9-10H,7-8H2,1-3H3,(H2,20,26)(H,23,25). The Kier molecular flexibility index (Phi) is 5.46. The molecule has 0 unspecified atom stereocenters. The number of fused-ring (bicyclic) bond motifs is 1. The van der Waals surface area contributed by atoms with E-state index in [4.69, 9.17) is 5.73 Å². The van der Waals surface area contributed by atoms with Crippen LogP contribution in [0.15, 0.2) is 35.5 Å². The Morgan fingerprint density at radius 3 is 2.78 bits per heavy atom. The molecule has 1 aromatic carbocycles. The molecule has 0 saturated heterocycles. The Morgan fingerprint density at radius 2 is 2.07 bits per heavy atom. The van der Waals surface area contributed by atoms with Crippen molar-refractivity contribution in [1.29, 1.82) is 0 Å². The molecule has 0 fully saturated rings. The van der Waals surface area contributed by atoms with Crippen molar-refractivity contribution in [3.8, 4) is 0 Å². The molecule has 2 aromatic heterocycles. The van der Waals surface area contributed by atoms with Crippen molar-refractivity contribution in [2.75, 3.05) is 11.6 Å². The van der Waals surface area contributed by atoms with Gasteiger partial charge in [-0.05, 0) is 50.3 Å². The smallest absolute Gasteiger partial charge is 0.271 e. The first-order valence-electron chi connectivity index (χ1n) is 8.47. The fraction of sp³-hybridized carbons (Fsp3) is 0.263. The molecule has 0 atom stereocenters. The van der Waals surface area contributed by atoms with Crippen LogP contribution in [0.4, 0.5) is 5.69 Å². The van der Waals surface area contributed by atoms with Gasteiger partial charge < -0.3 is 11.1 Å². The van der Waals surface area contributed by atoms with Crippen LogP contribution in [-0.4, -0.2) is 32.4 Å². The average molecular weight is 383 g/mol. The summed E-state index contributed by atoms with van der Waals surface area (Å²) in [6.07, 6.45) is 4.40. The van der Waals surface area contributed by atoms with Crippen LogP contribution in [0.5, 0.6) is 0 Å². The van der Waals surface area contributed by atoms with E-state index >= 15 is 0 Å². The third-order valence-corrected chi connectivity index (χ3v) is 5.17. The Bertz CT molecular complexity index is 1030. The van der Waals surface area contributed by atoms with E-state index in [0.717, 1.165) is 27.5 Å². The number of hydrogen-bond donors (Lipinski definition) is 2. The molecule has 3 aromatic rings. The fourth-order valence-corrected chi connectivity index (χ4v) is 3.49. The highest BCUT2D eigenvalue weighted by molar-refractivity contribution is 7.98. The van der Waals surface area contributed by atoms with Crippen molar-refractivity contribution >= 4 is 34.9 Å². The molecule has 2 amide bonds. The predicted octanol–water partition coefficient (Wildman–Crippen LogP) is 2.74. The zero-order valence-electron chi connectivity index (χ0n) is 15.4. The van der Waals surface area contributed by atoms with Crippen molar-refractivity contribution in [2.45, 2.75) is 31.6 Å². The molecule has 0 saturated carbocycles. The topological polar surface area (TPSA) is 102 Å². The van der Waals surface area contributed by atoms with Crippen LogP contribution < -0.4 is 11.1 Å². The molecule has 0 aliphatic carbocycles. The summed E-state index contributed by atoms with van der Waals surface area (Å²) in [4.78, 5) is 33.4. The van der Waals surface area contributed by atoms with Gasteiger partial charge in [0, 0.05) is 28.4 Å². The number of aromatic nitrogens is 3. The van der Waals surface area contributed by atoms with Crippen LogP contribution in [0.1, 0.15) is 33.9 Å². The number of imidazole rings is 1. The number of primary amides is 1. The van der Waals surface area contributed by atoms with E-state index in [1.165, 1.54) is 6.33 Å². The third kappa shape index (κ3) is 3.95. The highest BCUT2D eigenvalue weighted by Gasteiger charge is 2.17. The van der Waals surface area contributed by atoms with Gasteiger partial charge in [0.15, 0.2) is 11.3 Å². The lowest BCUT2D eigenvalue weighted by molar-refractivity contribution is -0.116. The molecule has 8 heteroatoms. The maximum Gasteiger partial charge on any atom is 0.271 e. The molecule has 7 nitrogen and oxygen atoms in total. The van der Waals surface area contributed by atoms with Crippen LogP contribution in [0.3, 0.4) is 0 Å². The quantitative estimate of drug-likeness (QED) is 0.637. The molecular weight excluding hydrogens is 362 g/mol. The predicted molar refractivity (Wildman–Crippen MR) is 106 cm³/mol. The van der Waals surface area contributed by atoms with Crippen LogP contribution in [0.2, 0.25) is 0 Å². The number of nitrogens with zero attached hydrogens (tertiary/aromatic N) is 3. The molecule has 3 N–H and O–H groups in total. The van der Waals surface area contributed by atoms with E-state index in [1.54, 1.807) is 16.2 Å². The minimum Gasteiger partial charge on any atom is -0.364 e. The number of hydrogen-bond acceptors (Lipinski definition) is 5. The first-order chi connectivity index (χ1) is 12.9. The van der Waals surface area contributed by atoms with E-state index < -0.39 is 5.91 Å². The van der Waals surface area contributed by atoms with E-state index in [0.29, 0.717) is 18.5 Å². The van der Waals surface area contributed by atoms with Crippen molar-refractivity contribution < 1.29 is 9.59 Å². The van der Waals surface area contributed by atoms with Crippen LogP contribution in [-0.2, 0) is 11.2 Å². The van der Waals surface area contributed by atoms with Crippen LogP contribution in [0, 0.1) is 13.8 Å². The van der Waals surface area contributed by atoms with Gasteiger partial charge in [-0.15, -0.1) is 11.8 Å². The Hall–Kier alpha value is -2.87. The number of anilines is 1. The van der Waals surface area contributed by atoms with Crippen molar-refractivity contribution in [3.63, 3.8) is 0 Å². The van der Waals surface area contributed by atoms with Gasteiger partial charge in [-0.3, -0.25) is 14.0 Å². The Balaban J connectivity index is 1.76. The lowest BCUT2D eigenvalue weighted by Crippen LogP contribution is -2.15. The first-order valence-corrected chi connectivity index (χ1v) is 9.70. The summed E-state index contributed by atoms with van der Waals surface area (Å²) in [6.45, 7) is 3.78. The van der Waals surface area contributed by atoms with Crippen molar-refractivity contribution in [1.82, 2.24) is 14.4 Å². The molecule has 0 aliphatic rings. The zero-order chi connectivity index (χ0) is 19.6. The third-order valence-electron chi connectivity index (χ3n) is 4.44. The largest absolute Gasteiger partial charge is 0.364 e. The molecule has 140 valence electrons. The number of thioether (sulfide) groups is 1. The SMILES string of the molecule is CSc1cccc(NC(=O)CCc2c(C)nc3c(C(N)=O)ncn3c2C)c1. The minimum absolute atomic E-state index is 0.0596. The fourth-order valence-electron chi connectivity index (χ4n) is 3.03. The molecule has 3 rings (SSSR count). The lowest BCUT2D eigenvalue weighted by Gasteiger charge is -2.12. The van der Waals surface area contributed by atoms with E-state index in [9.17, 15) is 9.59 Å². The average Bonchev–Trinajstić information content (AvgIpc) is 3.05.